The van der Waals surface area contributed by atoms with E-state index in [0.717, 1.165) is 25.7 Å². The number of pyridine rings is 1. The van der Waals surface area contributed by atoms with Crippen molar-refractivity contribution in [3.63, 3.8) is 0 Å². The highest BCUT2D eigenvalue weighted by Gasteiger charge is 2.24. The third-order valence-corrected chi connectivity index (χ3v) is 5.22. The molecule has 2 N–H and O–H groups in total. The SMILES string of the molecule is O=C(Nc1cccc(Cl)c1)c1nc(C(=O)NC2CCCCC2)n2ccccc12. The summed E-state index contributed by atoms with van der Waals surface area (Å²) in [5, 5.41) is 6.39. The lowest BCUT2D eigenvalue weighted by Gasteiger charge is -2.22. The van der Waals surface area contributed by atoms with Gasteiger partial charge in [0.15, 0.2) is 5.69 Å². The zero-order chi connectivity index (χ0) is 19.5. The molecular weight excluding hydrogens is 376 g/mol. The van der Waals surface area contributed by atoms with Crippen LogP contribution in [0.1, 0.15) is 53.2 Å². The number of nitrogens with zero attached hydrogens (tertiary/aromatic N) is 2. The van der Waals surface area contributed by atoms with E-state index in [-0.39, 0.29) is 29.4 Å². The van der Waals surface area contributed by atoms with Gasteiger partial charge in [-0.15, -0.1) is 0 Å². The average molecular weight is 397 g/mol. The van der Waals surface area contributed by atoms with Gasteiger partial charge in [-0.05, 0) is 43.2 Å². The van der Waals surface area contributed by atoms with Crippen LogP contribution in [0.15, 0.2) is 48.7 Å². The number of amides is 2. The molecule has 4 rings (SSSR count). The molecule has 144 valence electrons. The Hall–Kier alpha value is -2.86. The predicted octanol–water partition coefficient (Wildman–Crippen LogP) is 4.30. The second-order valence-electron chi connectivity index (χ2n) is 7.01. The second kappa shape index (κ2) is 8.02. The lowest BCUT2D eigenvalue weighted by Crippen LogP contribution is -2.37. The van der Waals surface area contributed by atoms with Crippen molar-refractivity contribution in [1.29, 1.82) is 0 Å². The van der Waals surface area contributed by atoms with Crippen LogP contribution in [0.2, 0.25) is 5.02 Å². The number of imidazole rings is 1. The first-order valence-electron chi connectivity index (χ1n) is 9.47. The summed E-state index contributed by atoms with van der Waals surface area (Å²) >= 11 is 5.98. The molecule has 0 unspecified atom stereocenters. The molecular formula is C21H21ClN4O2. The van der Waals surface area contributed by atoms with Crippen molar-refractivity contribution < 1.29 is 9.59 Å². The molecule has 1 aliphatic rings. The van der Waals surface area contributed by atoms with E-state index in [1.165, 1.54) is 6.42 Å². The van der Waals surface area contributed by atoms with Gasteiger partial charge in [0, 0.05) is 22.9 Å². The molecule has 0 aliphatic heterocycles. The van der Waals surface area contributed by atoms with E-state index >= 15 is 0 Å². The van der Waals surface area contributed by atoms with Gasteiger partial charge in [0.05, 0.1) is 5.52 Å². The van der Waals surface area contributed by atoms with E-state index in [2.05, 4.69) is 15.6 Å². The molecule has 1 aliphatic carbocycles. The maximum atomic E-state index is 12.8. The van der Waals surface area contributed by atoms with E-state index in [1.54, 1.807) is 40.9 Å². The zero-order valence-corrected chi connectivity index (χ0v) is 16.1. The summed E-state index contributed by atoms with van der Waals surface area (Å²) in [7, 11) is 0. The van der Waals surface area contributed by atoms with Crippen LogP contribution in [0.5, 0.6) is 0 Å². The minimum Gasteiger partial charge on any atom is -0.347 e. The van der Waals surface area contributed by atoms with E-state index in [0.29, 0.717) is 16.2 Å². The van der Waals surface area contributed by atoms with E-state index in [1.807, 2.05) is 12.1 Å². The van der Waals surface area contributed by atoms with Crippen LogP contribution in [0.25, 0.3) is 5.52 Å². The molecule has 0 radical (unpaired) electrons. The standard InChI is InChI=1S/C21H21ClN4O2/c22-14-7-6-10-16(13-14)24-20(27)18-17-11-4-5-12-26(17)19(25-18)21(28)23-15-8-2-1-3-9-15/h4-7,10-13,15H,1-3,8-9H2,(H,23,28)(H,24,27). The van der Waals surface area contributed by atoms with Crippen molar-refractivity contribution in [2.45, 2.75) is 38.1 Å². The van der Waals surface area contributed by atoms with Gasteiger partial charge < -0.3 is 10.6 Å². The van der Waals surface area contributed by atoms with Gasteiger partial charge in [0.1, 0.15) is 0 Å². The van der Waals surface area contributed by atoms with Crippen molar-refractivity contribution in [2.75, 3.05) is 5.32 Å². The molecule has 1 aromatic carbocycles. The molecule has 0 atom stereocenters. The highest BCUT2D eigenvalue weighted by molar-refractivity contribution is 6.31. The van der Waals surface area contributed by atoms with Crippen molar-refractivity contribution in [2.24, 2.45) is 0 Å². The topological polar surface area (TPSA) is 75.5 Å². The van der Waals surface area contributed by atoms with Crippen LogP contribution in [0.3, 0.4) is 0 Å². The third kappa shape index (κ3) is 3.87. The number of hydrogen-bond acceptors (Lipinski definition) is 3. The first-order chi connectivity index (χ1) is 13.6. The number of halogens is 1. The van der Waals surface area contributed by atoms with Crippen LogP contribution in [-0.4, -0.2) is 27.2 Å². The maximum Gasteiger partial charge on any atom is 0.287 e. The summed E-state index contributed by atoms with van der Waals surface area (Å²) in [6.07, 6.45) is 7.18. The number of aromatic nitrogens is 2. The molecule has 0 bridgehead atoms. The van der Waals surface area contributed by atoms with E-state index in [4.69, 9.17) is 11.6 Å². The lowest BCUT2D eigenvalue weighted by atomic mass is 9.95. The van der Waals surface area contributed by atoms with Gasteiger partial charge in [-0.3, -0.25) is 14.0 Å². The smallest absolute Gasteiger partial charge is 0.287 e. The lowest BCUT2D eigenvalue weighted by molar-refractivity contribution is 0.0916. The van der Waals surface area contributed by atoms with Crippen LogP contribution in [0.4, 0.5) is 5.69 Å². The fourth-order valence-electron chi connectivity index (χ4n) is 3.62. The fourth-order valence-corrected chi connectivity index (χ4v) is 3.81. The zero-order valence-electron chi connectivity index (χ0n) is 15.3. The summed E-state index contributed by atoms with van der Waals surface area (Å²) in [6, 6.07) is 12.5. The molecule has 3 aromatic rings. The summed E-state index contributed by atoms with van der Waals surface area (Å²) < 4.78 is 1.66. The summed E-state index contributed by atoms with van der Waals surface area (Å²) in [5.74, 6) is -0.421. The Balaban J connectivity index is 1.62. The molecule has 1 saturated carbocycles. The first kappa shape index (κ1) is 18.5. The largest absolute Gasteiger partial charge is 0.347 e. The Morgan fingerprint density at radius 1 is 1.04 bits per heavy atom. The highest BCUT2D eigenvalue weighted by atomic mass is 35.5. The molecule has 2 heterocycles. The number of carbonyl (C=O) groups excluding carboxylic acids is 2. The molecule has 0 spiro atoms. The van der Waals surface area contributed by atoms with Gasteiger partial charge in [-0.25, -0.2) is 4.98 Å². The second-order valence-corrected chi connectivity index (χ2v) is 7.45. The van der Waals surface area contributed by atoms with Gasteiger partial charge >= 0.3 is 0 Å². The average Bonchev–Trinajstić information content (AvgIpc) is 3.09. The molecule has 0 saturated heterocycles. The number of rotatable bonds is 4. The molecule has 1 fully saturated rings. The monoisotopic (exact) mass is 396 g/mol. The van der Waals surface area contributed by atoms with Crippen molar-refractivity contribution in [3.05, 3.63) is 65.2 Å². The molecule has 2 aromatic heterocycles. The minimum absolute atomic E-state index is 0.168. The molecule has 7 heteroatoms. The van der Waals surface area contributed by atoms with Crippen LogP contribution < -0.4 is 10.6 Å². The number of hydrogen-bond donors (Lipinski definition) is 2. The third-order valence-electron chi connectivity index (χ3n) is 4.99. The molecule has 28 heavy (non-hydrogen) atoms. The predicted molar refractivity (Wildman–Crippen MR) is 109 cm³/mol. The van der Waals surface area contributed by atoms with Gasteiger partial charge in [-0.1, -0.05) is 43.0 Å². The van der Waals surface area contributed by atoms with Crippen molar-refractivity contribution >= 4 is 34.6 Å². The molecule has 2 amide bonds. The Kier molecular flexibility index (Phi) is 5.30. The highest BCUT2D eigenvalue weighted by Crippen LogP contribution is 2.20. The number of fused-ring (bicyclic) bond motifs is 1. The summed E-state index contributed by atoms with van der Waals surface area (Å²) in [4.78, 5) is 30.0. The van der Waals surface area contributed by atoms with Crippen molar-refractivity contribution in [3.8, 4) is 0 Å². The number of carbonyl (C=O) groups is 2. The summed E-state index contributed by atoms with van der Waals surface area (Å²) in [6.45, 7) is 0. The number of nitrogens with one attached hydrogen (secondary N) is 2. The van der Waals surface area contributed by atoms with Crippen molar-refractivity contribution in [1.82, 2.24) is 14.7 Å². The van der Waals surface area contributed by atoms with Gasteiger partial charge in [0.2, 0.25) is 5.82 Å². The maximum absolute atomic E-state index is 12.8. The Labute approximate surface area is 167 Å². The van der Waals surface area contributed by atoms with Gasteiger partial charge in [-0.2, -0.15) is 0 Å². The quantitative estimate of drug-likeness (QED) is 0.690. The van der Waals surface area contributed by atoms with E-state index < -0.39 is 0 Å². The number of benzene rings is 1. The van der Waals surface area contributed by atoms with Crippen LogP contribution >= 0.6 is 11.6 Å². The van der Waals surface area contributed by atoms with Crippen LogP contribution in [0, 0.1) is 0 Å². The van der Waals surface area contributed by atoms with Crippen LogP contribution in [-0.2, 0) is 0 Å². The number of anilines is 1. The summed E-state index contributed by atoms with van der Waals surface area (Å²) in [5.41, 5.74) is 1.35. The Morgan fingerprint density at radius 3 is 2.64 bits per heavy atom. The first-order valence-corrected chi connectivity index (χ1v) is 9.84. The molecule has 6 nitrogen and oxygen atoms in total. The van der Waals surface area contributed by atoms with Gasteiger partial charge in [0.25, 0.3) is 11.8 Å². The normalized spacial score (nSPS) is 14.8. The Morgan fingerprint density at radius 2 is 1.86 bits per heavy atom. The fraction of sp³-hybridized carbons (Fsp3) is 0.286. The van der Waals surface area contributed by atoms with E-state index in [9.17, 15) is 9.59 Å². The minimum atomic E-state index is -0.386. The Bertz CT molecular complexity index is 1020.